The zero-order valence-electron chi connectivity index (χ0n) is 12.5. The highest BCUT2D eigenvalue weighted by Gasteiger charge is 2.50. The van der Waals surface area contributed by atoms with Crippen molar-refractivity contribution in [1.82, 2.24) is 10.2 Å². The van der Waals surface area contributed by atoms with E-state index in [1.165, 1.54) is 51.6 Å². The number of hydrogen-bond acceptors (Lipinski definition) is 2. The minimum absolute atomic E-state index is 0.563. The molecule has 1 aliphatic heterocycles. The fourth-order valence-electron chi connectivity index (χ4n) is 6.06. The van der Waals surface area contributed by atoms with E-state index in [-0.39, 0.29) is 0 Å². The molecule has 0 aromatic rings. The predicted octanol–water partition coefficient (Wildman–Crippen LogP) is 3.03. The Morgan fingerprint density at radius 1 is 1.00 bits per heavy atom. The summed E-state index contributed by atoms with van der Waals surface area (Å²) in [7, 11) is 2.32. The van der Waals surface area contributed by atoms with Gasteiger partial charge in [0.1, 0.15) is 0 Å². The normalized spacial score (nSPS) is 49.7. The van der Waals surface area contributed by atoms with E-state index in [1.807, 2.05) is 0 Å². The average Bonchev–Trinajstić information content (AvgIpc) is 2.36. The molecule has 1 unspecified atom stereocenters. The number of nitrogens with zero attached hydrogens (tertiary/aromatic N) is 1. The van der Waals surface area contributed by atoms with E-state index in [0.29, 0.717) is 5.54 Å². The third-order valence-electron chi connectivity index (χ3n) is 6.67. The maximum atomic E-state index is 4.09. The lowest BCUT2D eigenvalue weighted by molar-refractivity contribution is -0.0232. The zero-order chi connectivity index (χ0) is 12.9. The second-order valence-electron chi connectivity index (χ2n) is 8.21. The Kier molecular flexibility index (Phi) is 3.15. The van der Waals surface area contributed by atoms with E-state index < -0.39 is 0 Å². The van der Waals surface area contributed by atoms with Crippen molar-refractivity contribution in [3.05, 3.63) is 0 Å². The van der Waals surface area contributed by atoms with Gasteiger partial charge >= 0.3 is 0 Å². The summed E-state index contributed by atoms with van der Waals surface area (Å²) in [5, 5.41) is 4.09. The molecular formula is C17H30N2. The van der Waals surface area contributed by atoms with Gasteiger partial charge in [0.15, 0.2) is 0 Å². The molecule has 5 fully saturated rings. The van der Waals surface area contributed by atoms with E-state index in [9.17, 15) is 0 Å². The second-order valence-corrected chi connectivity index (χ2v) is 8.21. The Morgan fingerprint density at radius 2 is 1.63 bits per heavy atom. The Hall–Kier alpha value is -0.0800. The number of nitrogens with one attached hydrogen (secondary N) is 1. The molecule has 4 aliphatic carbocycles. The smallest absolute Gasteiger partial charge is 0.0217 e. The van der Waals surface area contributed by atoms with Crippen LogP contribution in [0.5, 0.6) is 0 Å². The Bertz CT molecular complexity index is 303. The van der Waals surface area contributed by atoms with Crippen LogP contribution in [0.3, 0.4) is 0 Å². The lowest BCUT2D eigenvalue weighted by Crippen LogP contribution is -2.60. The van der Waals surface area contributed by atoms with Crippen LogP contribution in [-0.2, 0) is 0 Å². The molecule has 19 heavy (non-hydrogen) atoms. The number of rotatable bonds is 3. The quantitative estimate of drug-likeness (QED) is 0.841. The first-order valence-electron chi connectivity index (χ1n) is 8.68. The minimum Gasteiger partial charge on any atom is -0.310 e. The monoisotopic (exact) mass is 262 g/mol. The van der Waals surface area contributed by atoms with Gasteiger partial charge in [-0.2, -0.15) is 0 Å². The number of likely N-dealkylation sites (tertiary alicyclic amines) is 1. The van der Waals surface area contributed by atoms with Gasteiger partial charge in [-0.05, 0) is 82.7 Å². The second kappa shape index (κ2) is 4.73. The molecule has 0 aromatic heterocycles. The van der Waals surface area contributed by atoms with Gasteiger partial charge in [-0.15, -0.1) is 0 Å². The highest BCUT2D eigenvalue weighted by atomic mass is 15.2. The van der Waals surface area contributed by atoms with Crippen molar-refractivity contribution >= 4 is 0 Å². The Labute approximate surface area is 118 Å². The van der Waals surface area contributed by atoms with Crippen molar-refractivity contribution < 1.29 is 0 Å². The number of hydrogen-bond donors (Lipinski definition) is 1. The van der Waals surface area contributed by atoms with Gasteiger partial charge < -0.3 is 10.2 Å². The molecule has 0 aromatic carbocycles. The van der Waals surface area contributed by atoms with Crippen molar-refractivity contribution in [3.63, 3.8) is 0 Å². The molecule has 4 bridgehead atoms. The zero-order valence-corrected chi connectivity index (χ0v) is 12.5. The fourth-order valence-corrected chi connectivity index (χ4v) is 6.06. The van der Waals surface area contributed by atoms with Crippen LogP contribution < -0.4 is 5.32 Å². The van der Waals surface area contributed by atoms with E-state index in [1.54, 1.807) is 19.3 Å². The first-order chi connectivity index (χ1) is 9.22. The van der Waals surface area contributed by atoms with Crippen LogP contribution in [0.15, 0.2) is 0 Å². The molecule has 1 atom stereocenters. The topological polar surface area (TPSA) is 15.3 Å². The molecule has 0 amide bonds. The number of likely N-dealkylation sites (N-methyl/N-ethyl adjacent to an activating group) is 1. The first kappa shape index (κ1) is 12.6. The average molecular weight is 262 g/mol. The summed E-state index contributed by atoms with van der Waals surface area (Å²) in [5.41, 5.74) is 0.563. The lowest BCUT2D eigenvalue weighted by atomic mass is 9.53. The maximum absolute atomic E-state index is 4.09. The summed E-state index contributed by atoms with van der Waals surface area (Å²) >= 11 is 0. The predicted molar refractivity (Wildman–Crippen MR) is 79.2 cm³/mol. The maximum Gasteiger partial charge on any atom is 0.0217 e. The van der Waals surface area contributed by atoms with Crippen LogP contribution in [-0.4, -0.2) is 36.6 Å². The van der Waals surface area contributed by atoms with Gasteiger partial charge in [0.2, 0.25) is 0 Å². The van der Waals surface area contributed by atoms with Crippen molar-refractivity contribution in [2.75, 3.05) is 20.1 Å². The van der Waals surface area contributed by atoms with Crippen LogP contribution in [0.1, 0.15) is 57.8 Å². The molecule has 1 heterocycles. The van der Waals surface area contributed by atoms with Crippen molar-refractivity contribution in [3.8, 4) is 0 Å². The molecule has 2 heteroatoms. The molecule has 5 aliphatic rings. The van der Waals surface area contributed by atoms with Gasteiger partial charge in [-0.3, -0.25) is 0 Å². The number of piperidine rings is 1. The summed E-state index contributed by atoms with van der Waals surface area (Å²) in [5.74, 6) is 3.22. The lowest BCUT2D eigenvalue weighted by Gasteiger charge is -2.57. The standard InChI is InChI=1S/C17H30N2/c1-19-5-3-2-4-16(19)12-18-17-9-13-6-14(10-17)8-15(7-13)11-17/h13-16,18H,2-12H2,1H3. The molecule has 5 rings (SSSR count). The van der Waals surface area contributed by atoms with E-state index in [4.69, 9.17) is 0 Å². The van der Waals surface area contributed by atoms with Crippen LogP contribution in [0, 0.1) is 17.8 Å². The van der Waals surface area contributed by atoms with E-state index >= 15 is 0 Å². The molecule has 108 valence electrons. The van der Waals surface area contributed by atoms with Crippen LogP contribution in [0.25, 0.3) is 0 Å². The van der Waals surface area contributed by atoms with Crippen LogP contribution in [0.4, 0.5) is 0 Å². The molecule has 1 saturated heterocycles. The van der Waals surface area contributed by atoms with Crippen LogP contribution >= 0.6 is 0 Å². The summed E-state index contributed by atoms with van der Waals surface area (Å²) in [4.78, 5) is 2.59. The van der Waals surface area contributed by atoms with Crippen molar-refractivity contribution in [2.24, 2.45) is 17.8 Å². The van der Waals surface area contributed by atoms with E-state index in [2.05, 4.69) is 17.3 Å². The molecular weight excluding hydrogens is 232 g/mol. The van der Waals surface area contributed by atoms with Crippen LogP contribution in [0.2, 0.25) is 0 Å². The fraction of sp³-hybridized carbons (Fsp3) is 1.00. The Balaban J connectivity index is 1.39. The SMILES string of the molecule is CN1CCCCC1CNC12CC3CC(CC(C3)C1)C2. The van der Waals surface area contributed by atoms with Gasteiger partial charge in [0, 0.05) is 18.1 Å². The summed E-state index contributed by atoms with van der Waals surface area (Å²) in [6.45, 7) is 2.57. The first-order valence-corrected chi connectivity index (χ1v) is 8.68. The minimum atomic E-state index is 0.563. The molecule has 0 radical (unpaired) electrons. The Morgan fingerprint density at radius 3 is 2.21 bits per heavy atom. The van der Waals surface area contributed by atoms with Gasteiger partial charge in [-0.1, -0.05) is 6.42 Å². The van der Waals surface area contributed by atoms with Gasteiger partial charge in [0.05, 0.1) is 0 Å². The summed E-state index contributed by atoms with van der Waals surface area (Å²) in [6.07, 6.45) is 13.4. The van der Waals surface area contributed by atoms with Crippen molar-refractivity contribution in [2.45, 2.75) is 69.4 Å². The van der Waals surface area contributed by atoms with Gasteiger partial charge in [0.25, 0.3) is 0 Å². The largest absolute Gasteiger partial charge is 0.310 e. The molecule has 4 saturated carbocycles. The third-order valence-corrected chi connectivity index (χ3v) is 6.67. The summed E-state index contributed by atoms with van der Waals surface area (Å²) in [6, 6.07) is 0.807. The molecule has 2 nitrogen and oxygen atoms in total. The highest BCUT2D eigenvalue weighted by molar-refractivity contribution is 5.06. The highest BCUT2D eigenvalue weighted by Crippen LogP contribution is 2.55. The summed E-state index contributed by atoms with van der Waals surface area (Å²) < 4.78 is 0. The van der Waals surface area contributed by atoms with Crippen molar-refractivity contribution in [1.29, 1.82) is 0 Å². The van der Waals surface area contributed by atoms with E-state index in [0.717, 1.165) is 23.8 Å². The molecule has 1 N–H and O–H groups in total. The molecule has 0 spiro atoms. The third kappa shape index (κ3) is 2.35. The van der Waals surface area contributed by atoms with Gasteiger partial charge in [-0.25, -0.2) is 0 Å².